The summed E-state index contributed by atoms with van der Waals surface area (Å²) in [7, 11) is -3.42. The molecule has 1 aromatic carbocycles. The number of nitrogens with one attached hydrogen (secondary N) is 1. The Morgan fingerprint density at radius 1 is 1.07 bits per heavy atom. The smallest absolute Gasteiger partial charge is 0.273 e. The highest BCUT2D eigenvalue weighted by atomic mass is 32.2. The van der Waals surface area contributed by atoms with Crippen LogP contribution in [0, 0.1) is 17.2 Å². The number of aromatic nitrogens is 3. The van der Waals surface area contributed by atoms with Crippen molar-refractivity contribution in [3.63, 3.8) is 0 Å². The van der Waals surface area contributed by atoms with Gasteiger partial charge in [0, 0.05) is 48.7 Å². The van der Waals surface area contributed by atoms with Crippen molar-refractivity contribution in [2.75, 3.05) is 36.4 Å². The number of hydrogen-bond donors (Lipinski definition) is 1. The number of benzene rings is 1. The molecule has 0 aliphatic carbocycles. The van der Waals surface area contributed by atoms with Crippen molar-refractivity contribution in [2.24, 2.45) is 5.92 Å². The van der Waals surface area contributed by atoms with E-state index in [1.807, 2.05) is 0 Å². The van der Waals surface area contributed by atoms with E-state index in [1.54, 1.807) is 24.0 Å². The van der Waals surface area contributed by atoms with E-state index < -0.39 is 52.2 Å². The first-order valence-corrected chi connectivity index (χ1v) is 17.3. The Morgan fingerprint density at radius 2 is 1.78 bits per heavy atom. The zero-order chi connectivity index (χ0) is 35.4. The van der Waals surface area contributed by atoms with Gasteiger partial charge in [-0.2, -0.15) is 5.26 Å². The Kier molecular flexibility index (Phi) is 7.37. The van der Waals surface area contributed by atoms with E-state index in [1.165, 1.54) is 24.5 Å². The van der Waals surface area contributed by atoms with Gasteiger partial charge >= 0.3 is 0 Å². The number of fused-ring (bicyclic) bond motifs is 8. The van der Waals surface area contributed by atoms with E-state index in [4.69, 9.17) is 5.48 Å². The fraction of sp³-hybridized carbons (Fsp3) is 0.576. The van der Waals surface area contributed by atoms with Gasteiger partial charge in [-0.25, -0.2) is 27.2 Å². The quantitative estimate of drug-likeness (QED) is 0.379. The number of alkyl halides is 2. The van der Waals surface area contributed by atoms with Gasteiger partial charge in [0.1, 0.15) is 27.6 Å². The van der Waals surface area contributed by atoms with Crippen molar-refractivity contribution in [2.45, 2.75) is 82.2 Å². The van der Waals surface area contributed by atoms with Crippen LogP contribution in [0.15, 0.2) is 41.5 Å². The van der Waals surface area contributed by atoms with Gasteiger partial charge in [-0.15, -0.1) is 0 Å². The maximum absolute atomic E-state index is 15.6. The average molecular weight is 643 g/mol. The molecule has 2 saturated heterocycles. The van der Waals surface area contributed by atoms with Crippen LogP contribution in [-0.4, -0.2) is 58.9 Å². The van der Waals surface area contributed by atoms with Crippen molar-refractivity contribution >= 4 is 26.7 Å². The van der Waals surface area contributed by atoms with Gasteiger partial charge in [-0.1, -0.05) is 37.5 Å². The fourth-order valence-corrected chi connectivity index (χ4v) is 8.06. The van der Waals surface area contributed by atoms with Crippen LogP contribution in [0.25, 0.3) is 11.0 Å². The van der Waals surface area contributed by atoms with Crippen molar-refractivity contribution in [3.8, 4) is 6.07 Å². The Balaban J connectivity index is 1.48. The van der Waals surface area contributed by atoms with E-state index in [9.17, 15) is 18.5 Å². The highest BCUT2D eigenvalue weighted by Gasteiger charge is 2.42. The maximum Gasteiger partial charge on any atom is 0.273 e. The predicted octanol–water partition coefficient (Wildman–Crippen LogP) is 5.31. The molecule has 2 fully saturated rings. The second kappa shape index (κ2) is 12.4. The number of nitriles is 1. The molecule has 4 aliphatic heterocycles. The molecule has 8 bridgehead atoms. The van der Waals surface area contributed by atoms with Crippen molar-refractivity contribution in [1.29, 1.82) is 5.26 Å². The van der Waals surface area contributed by atoms with Gasteiger partial charge in [0.25, 0.3) is 11.5 Å². The number of sulfone groups is 1. The SMILES string of the molecule is [2H]C1([2H])CCCCCC([2H])([2H])n2c(=O)c(C3(C#N)CCS(=O)(=O)CC3)cc3c(ncnc32)N[C@H](C)c2cccc(c2)C(F)(F)CC2CN1C2. The molecule has 2 aromatic heterocycles. The number of halogens is 2. The molecule has 0 amide bonds. The van der Waals surface area contributed by atoms with E-state index in [0.29, 0.717) is 24.8 Å². The third kappa shape index (κ3) is 6.47. The molecular formula is C33H40F2N6O3S. The Morgan fingerprint density at radius 3 is 2.51 bits per heavy atom. The van der Waals surface area contributed by atoms with Crippen LogP contribution < -0.4 is 10.9 Å². The van der Waals surface area contributed by atoms with E-state index >= 15 is 8.78 Å². The molecule has 7 rings (SSSR count). The summed E-state index contributed by atoms with van der Waals surface area (Å²) in [5.41, 5.74) is -2.00. The number of nitrogens with zero attached hydrogens (tertiary/aromatic N) is 5. The van der Waals surface area contributed by atoms with Crippen LogP contribution in [0.1, 0.15) is 86.5 Å². The topological polar surface area (TPSA) is 121 Å². The molecule has 3 aromatic rings. The van der Waals surface area contributed by atoms with Crippen molar-refractivity contribution in [3.05, 3.63) is 63.7 Å². The van der Waals surface area contributed by atoms with E-state index in [2.05, 4.69) is 21.4 Å². The van der Waals surface area contributed by atoms with Crippen molar-refractivity contribution in [1.82, 2.24) is 19.4 Å². The minimum absolute atomic E-state index is 0.0324. The van der Waals surface area contributed by atoms with Crippen LogP contribution in [-0.2, 0) is 27.7 Å². The summed E-state index contributed by atoms with van der Waals surface area (Å²) in [4.78, 5) is 24.6. The molecule has 45 heavy (non-hydrogen) atoms. The number of hydrogen-bond acceptors (Lipinski definition) is 8. The normalized spacial score (nSPS) is 30.0. The highest BCUT2D eigenvalue weighted by Crippen LogP contribution is 2.39. The first-order valence-electron chi connectivity index (χ1n) is 17.5. The molecule has 4 aliphatic rings. The molecule has 0 radical (unpaired) electrons. The summed E-state index contributed by atoms with van der Waals surface area (Å²) < 4.78 is 92.1. The zero-order valence-electron chi connectivity index (χ0n) is 29.2. The molecule has 6 heterocycles. The molecule has 12 heteroatoms. The van der Waals surface area contributed by atoms with Crippen LogP contribution in [0.3, 0.4) is 0 Å². The lowest BCUT2D eigenvalue weighted by atomic mass is 9.77. The number of pyridine rings is 1. The third-order valence-corrected chi connectivity index (χ3v) is 11.0. The zero-order valence-corrected chi connectivity index (χ0v) is 26.0. The first-order chi connectivity index (χ1) is 23.0. The average Bonchev–Trinajstić information content (AvgIpc) is 3.02. The monoisotopic (exact) mass is 642 g/mol. The van der Waals surface area contributed by atoms with Crippen molar-refractivity contribution < 1.29 is 22.7 Å². The Hall–Kier alpha value is -3.43. The standard InChI is InChI=1S/C33H40F2N6O3S/c1-23-25-8-7-9-26(16-25)33(34,35)18-24-19-40(20-24)12-5-3-2-4-6-13-41-30-27(29(39-23)37-22-38-30)17-28(31(41)42)32(21-36)10-14-45(43,44)15-11-32/h7-9,16-17,22-24H,2-6,10-15,18-20H2,1H3,(H,37,38,39)/t23-/m1/s1/i12D2,13D2. The molecule has 1 N–H and O–H groups in total. The Bertz CT molecular complexity index is 1950. The van der Waals surface area contributed by atoms with Gasteiger partial charge < -0.3 is 10.2 Å². The van der Waals surface area contributed by atoms with Crippen LogP contribution >= 0.6 is 0 Å². The van der Waals surface area contributed by atoms with Crippen LogP contribution in [0.2, 0.25) is 0 Å². The molecular weight excluding hydrogens is 598 g/mol. The predicted molar refractivity (Wildman–Crippen MR) is 169 cm³/mol. The molecule has 0 spiro atoms. The number of anilines is 1. The van der Waals surface area contributed by atoms with Gasteiger partial charge in [0.2, 0.25) is 0 Å². The lowest BCUT2D eigenvalue weighted by Crippen LogP contribution is -2.48. The second-order valence-electron chi connectivity index (χ2n) is 12.6. The summed E-state index contributed by atoms with van der Waals surface area (Å²) in [6.07, 6.45) is 1.72. The maximum atomic E-state index is 15.6. The van der Waals surface area contributed by atoms with Gasteiger partial charge in [-0.05, 0) is 62.7 Å². The molecule has 0 unspecified atom stereocenters. The van der Waals surface area contributed by atoms with Gasteiger partial charge in [-0.3, -0.25) is 9.36 Å². The van der Waals surface area contributed by atoms with Gasteiger partial charge in [0.05, 0.1) is 28.4 Å². The summed E-state index contributed by atoms with van der Waals surface area (Å²) >= 11 is 0. The first kappa shape index (κ1) is 26.8. The van der Waals surface area contributed by atoms with Crippen LogP contribution in [0.4, 0.5) is 14.6 Å². The third-order valence-electron chi connectivity index (χ3n) is 9.33. The fourth-order valence-electron chi connectivity index (χ4n) is 6.54. The summed E-state index contributed by atoms with van der Waals surface area (Å²) in [6, 6.07) is 9.10. The molecule has 240 valence electrons. The molecule has 9 nitrogen and oxygen atoms in total. The largest absolute Gasteiger partial charge is 0.363 e. The summed E-state index contributed by atoms with van der Waals surface area (Å²) in [6.45, 7) is -1.78. The Labute approximate surface area is 268 Å². The lowest BCUT2D eigenvalue weighted by Gasteiger charge is -2.41. The number of rotatable bonds is 1. The minimum atomic E-state index is -3.42. The summed E-state index contributed by atoms with van der Waals surface area (Å²) in [5.74, 6) is -3.91. The highest BCUT2D eigenvalue weighted by molar-refractivity contribution is 7.91. The second-order valence-corrected chi connectivity index (χ2v) is 14.9. The van der Waals surface area contributed by atoms with E-state index in [-0.39, 0.29) is 84.2 Å². The van der Waals surface area contributed by atoms with Crippen LogP contribution in [0.5, 0.6) is 0 Å². The van der Waals surface area contributed by atoms with Gasteiger partial charge in [0.15, 0.2) is 0 Å². The van der Waals surface area contributed by atoms with E-state index in [0.717, 1.165) is 4.57 Å². The minimum Gasteiger partial charge on any atom is -0.363 e. The molecule has 0 saturated carbocycles. The summed E-state index contributed by atoms with van der Waals surface area (Å²) in [5, 5.41) is 13.9. The lowest BCUT2D eigenvalue weighted by molar-refractivity contribution is -0.0568. The molecule has 1 atom stereocenters. The number of aryl methyl sites for hydroxylation is 1.